The Morgan fingerprint density at radius 3 is 2.39 bits per heavy atom. The molecule has 0 aliphatic heterocycles. The molecule has 0 aliphatic rings. The zero-order valence-corrected chi connectivity index (χ0v) is 29.6. The number of hydrogen-bond acceptors (Lipinski definition) is 6. The first-order valence-electron chi connectivity index (χ1n) is 16.3. The van der Waals surface area contributed by atoms with Gasteiger partial charge < -0.3 is 25.4 Å². The summed E-state index contributed by atoms with van der Waals surface area (Å²) < 4.78 is 48.1. The maximum atomic E-state index is 13.5. The van der Waals surface area contributed by atoms with Crippen LogP contribution in [-0.2, 0) is 22.5 Å². The molecule has 0 spiro atoms. The Morgan fingerprint density at radius 2 is 1.75 bits per heavy atom. The summed E-state index contributed by atoms with van der Waals surface area (Å²) in [6.45, 7) is 7.75. The molecule has 0 radical (unpaired) electrons. The van der Waals surface area contributed by atoms with Gasteiger partial charge in [0.1, 0.15) is 5.75 Å². The van der Waals surface area contributed by atoms with Crippen molar-refractivity contribution in [3.05, 3.63) is 94.5 Å². The van der Waals surface area contributed by atoms with Crippen molar-refractivity contribution in [3.63, 3.8) is 0 Å². The fraction of sp³-hybridized carbons (Fsp3) is 0.378. The first kappa shape index (κ1) is 40.5. The maximum Gasteiger partial charge on any atom is 0.422 e. The van der Waals surface area contributed by atoms with E-state index >= 15 is 0 Å². The number of carbonyl (C=O) groups is 2. The van der Waals surface area contributed by atoms with Gasteiger partial charge in [0.2, 0.25) is 5.91 Å². The number of halogens is 4. The molecule has 3 aromatic rings. The van der Waals surface area contributed by atoms with E-state index in [0.717, 1.165) is 18.3 Å². The normalized spacial score (nSPS) is 12.1. The lowest BCUT2D eigenvalue weighted by Gasteiger charge is -2.33. The van der Waals surface area contributed by atoms with E-state index in [-0.39, 0.29) is 24.0 Å². The number of benzene rings is 3. The molecule has 0 aliphatic carbocycles. The summed E-state index contributed by atoms with van der Waals surface area (Å²) in [4.78, 5) is 39.6. The molecule has 0 fully saturated rings. The van der Waals surface area contributed by atoms with E-state index in [1.807, 2.05) is 55.1 Å². The molecular formula is C37H44ClF3N6O4. The summed E-state index contributed by atoms with van der Waals surface area (Å²) in [6.07, 6.45) is -1.39. The molecule has 0 atom stereocenters. The molecule has 0 bridgehead atoms. The molecule has 3 aromatic carbocycles. The van der Waals surface area contributed by atoms with Crippen molar-refractivity contribution < 1.29 is 32.2 Å². The molecular weight excluding hydrogens is 685 g/mol. The molecule has 51 heavy (non-hydrogen) atoms. The van der Waals surface area contributed by atoms with E-state index in [2.05, 4.69) is 31.7 Å². The molecule has 10 nitrogen and oxygen atoms in total. The van der Waals surface area contributed by atoms with Crippen molar-refractivity contribution in [1.29, 1.82) is 0 Å². The van der Waals surface area contributed by atoms with Gasteiger partial charge in [0.25, 0.3) is 5.91 Å². The van der Waals surface area contributed by atoms with E-state index in [1.165, 1.54) is 29.8 Å². The number of aliphatic imine (C=N–C) groups is 3. The average Bonchev–Trinajstić information content (AvgIpc) is 3.09. The van der Waals surface area contributed by atoms with Crippen LogP contribution in [0.4, 0.5) is 18.9 Å². The zero-order chi connectivity index (χ0) is 37.3. The number of rotatable bonds is 18. The Labute approximate surface area is 301 Å². The molecule has 3 rings (SSSR count). The number of carbonyl (C=O) groups excluding carboxylic acids is 2. The second kappa shape index (κ2) is 20.1. The van der Waals surface area contributed by atoms with Crippen molar-refractivity contribution in [3.8, 4) is 5.75 Å². The molecule has 0 unspecified atom stereocenters. The second-order valence-corrected chi connectivity index (χ2v) is 12.9. The molecule has 14 heteroatoms. The van der Waals surface area contributed by atoms with Crippen molar-refractivity contribution in [2.75, 3.05) is 32.8 Å². The van der Waals surface area contributed by atoms with E-state index in [9.17, 15) is 22.8 Å². The smallest absolute Gasteiger partial charge is 0.422 e. The van der Waals surface area contributed by atoms with Gasteiger partial charge in [-0.1, -0.05) is 61.8 Å². The summed E-state index contributed by atoms with van der Waals surface area (Å²) in [5.74, 6) is 0.193. The van der Waals surface area contributed by atoms with Crippen molar-refractivity contribution in [2.24, 2.45) is 26.1 Å². The number of ether oxygens (including phenoxy) is 2. The molecule has 0 heterocycles. The minimum Gasteiger partial charge on any atom is -0.492 e. The summed E-state index contributed by atoms with van der Waals surface area (Å²) >= 11 is 6.38. The van der Waals surface area contributed by atoms with Crippen LogP contribution in [0.15, 0.2) is 87.8 Å². The Bertz CT molecular complexity index is 1630. The van der Waals surface area contributed by atoms with Crippen LogP contribution < -0.4 is 15.8 Å². The third-order valence-corrected chi connectivity index (χ3v) is 7.72. The van der Waals surface area contributed by atoms with Gasteiger partial charge in [0.15, 0.2) is 6.61 Å². The maximum absolute atomic E-state index is 13.5. The van der Waals surface area contributed by atoms with Gasteiger partial charge in [0.05, 0.1) is 30.2 Å². The molecule has 0 saturated carbocycles. The van der Waals surface area contributed by atoms with E-state index in [4.69, 9.17) is 22.1 Å². The molecule has 0 aromatic heterocycles. The number of amidine groups is 1. The van der Waals surface area contributed by atoms with Crippen molar-refractivity contribution in [2.45, 2.75) is 52.3 Å². The minimum atomic E-state index is -4.58. The number of hydrogen-bond donors (Lipinski definition) is 2. The van der Waals surface area contributed by atoms with Crippen LogP contribution in [0.1, 0.15) is 54.6 Å². The summed E-state index contributed by atoms with van der Waals surface area (Å²) in [5, 5.41) is 3.40. The van der Waals surface area contributed by atoms with Crippen LogP contribution in [0.2, 0.25) is 5.02 Å². The fourth-order valence-electron chi connectivity index (χ4n) is 4.97. The highest BCUT2D eigenvalue weighted by Crippen LogP contribution is 2.26. The van der Waals surface area contributed by atoms with Crippen molar-refractivity contribution >= 4 is 48.2 Å². The highest BCUT2D eigenvalue weighted by atomic mass is 35.5. The second-order valence-electron chi connectivity index (χ2n) is 12.5. The van der Waals surface area contributed by atoms with Gasteiger partial charge in [0, 0.05) is 31.6 Å². The largest absolute Gasteiger partial charge is 0.492 e. The minimum absolute atomic E-state index is 0.0124. The Kier molecular flexibility index (Phi) is 15.9. The predicted molar refractivity (Wildman–Crippen MR) is 195 cm³/mol. The van der Waals surface area contributed by atoms with Gasteiger partial charge in [-0.3, -0.25) is 14.6 Å². The van der Waals surface area contributed by atoms with E-state index < -0.39 is 24.2 Å². The SMILES string of the molecule is C=NCc1ccc(OCCCN(CC(C)(C)CNC(=O)c2ccc(N=C(/N=C/N)OCC(F)(F)F)cc2)C(=O)CCCc2ccccc2)c(Cl)c1. The number of nitrogens with two attached hydrogens (primary N) is 1. The topological polar surface area (TPSA) is 131 Å². The van der Waals surface area contributed by atoms with Gasteiger partial charge in [-0.25, -0.2) is 0 Å². The number of amides is 2. The number of nitrogens with one attached hydrogen (secondary N) is 1. The quantitative estimate of drug-likeness (QED) is 0.0815. The lowest BCUT2D eigenvalue weighted by Crippen LogP contribution is -2.45. The lowest BCUT2D eigenvalue weighted by atomic mass is 9.92. The van der Waals surface area contributed by atoms with Gasteiger partial charge >= 0.3 is 12.2 Å². The molecule has 0 saturated heterocycles. The Morgan fingerprint density at radius 1 is 1.02 bits per heavy atom. The van der Waals surface area contributed by atoms with Crippen molar-refractivity contribution in [1.82, 2.24) is 10.2 Å². The summed E-state index contributed by atoms with van der Waals surface area (Å²) in [7, 11) is 0. The number of aryl methyl sites for hydroxylation is 1. The first-order chi connectivity index (χ1) is 24.3. The lowest BCUT2D eigenvalue weighted by molar-refractivity contribution is -0.156. The van der Waals surface area contributed by atoms with Gasteiger partial charge in [-0.05, 0) is 78.9 Å². The highest BCUT2D eigenvalue weighted by molar-refractivity contribution is 6.32. The van der Waals surface area contributed by atoms with E-state index in [0.29, 0.717) is 61.8 Å². The highest BCUT2D eigenvalue weighted by Gasteiger charge is 2.29. The van der Waals surface area contributed by atoms with Crippen LogP contribution >= 0.6 is 11.6 Å². The molecule has 2 amide bonds. The Hall–Kier alpha value is -4.91. The summed E-state index contributed by atoms with van der Waals surface area (Å²) in [5.41, 5.74) is 7.30. The van der Waals surface area contributed by atoms with Crippen LogP contribution in [0.3, 0.4) is 0 Å². The molecule has 3 N–H and O–H groups in total. The third kappa shape index (κ3) is 15.3. The first-order valence-corrected chi connectivity index (χ1v) is 16.7. The predicted octanol–water partition coefficient (Wildman–Crippen LogP) is 7.17. The van der Waals surface area contributed by atoms with Crippen LogP contribution in [0.5, 0.6) is 5.75 Å². The van der Waals surface area contributed by atoms with Crippen LogP contribution in [-0.4, -0.2) is 74.8 Å². The standard InChI is InChI=1S/C37H44ClF3N6O4/c1-36(2,23-44-34(49)29-14-16-30(17-15-29)46-35(45-26-42)51-25-37(39,40)41)24-47(33(48)12-7-11-27-9-5-4-6-10-27)19-8-20-50-32-18-13-28(22-43-3)21-31(32)38/h4-6,9-10,13-18,21,26H,3,7-8,11-12,19-20,22-25H2,1-2H3,(H,44,49)(H2,42,45,46). The van der Waals surface area contributed by atoms with Gasteiger partial charge in [-0.15, -0.1) is 0 Å². The molecule has 274 valence electrons. The monoisotopic (exact) mass is 728 g/mol. The third-order valence-electron chi connectivity index (χ3n) is 7.42. The summed E-state index contributed by atoms with van der Waals surface area (Å²) in [6, 6.07) is 20.7. The zero-order valence-electron chi connectivity index (χ0n) is 28.8. The number of nitrogens with zero attached hydrogens (tertiary/aromatic N) is 4. The fourth-order valence-corrected chi connectivity index (χ4v) is 5.22. The average molecular weight is 729 g/mol. The van der Waals surface area contributed by atoms with Gasteiger partial charge in [-0.2, -0.15) is 23.2 Å². The Balaban J connectivity index is 1.60. The van der Waals surface area contributed by atoms with Crippen LogP contribution in [0, 0.1) is 5.41 Å². The van der Waals surface area contributed by atoms with E-state index in [1.54, 1.807) is 12.1 Å². The van der Waals surface area contributed by atoms with Crippen LogP contribution in [0.25, 0.3) is 0 Å². The number of alkyl halides is 3.